The number of esters is 3. The van der Waals surface area contributed by atoms with Crippen molar-refractivity contribution < 1.29 is 38.1 Å². The Bertz CT molecular complexity index is 762. The summed E-state index contributed by atoms with van der Waals surface area (Å²) in [6.07, 6.45) is -2.82. The van der Waals surface area contributed by atoms with Crippen LogP contribution in [0, 0.1) is 0 Å². The molecule has 1 fully saturated rings. The van der Waals surface area contributed by atoms with Crippen molar-refractivity contribution in [2.24, 2.45) is 0 Å². The third kappa shape index (κ3) is 5.98. The predicted molar refractivity (Wildman–Crippen MR) is 100.0 cm³/mol. The van der Waals surface area contributed by atoms with Crippen molar-refractivity contribution in [3.8, 4) is 5.75 Å². The maximum Gasteiger partial charge on any atom is 0.303 e. The monoisotopic (exact) mass is 410 g/mol. The summed E-state index contributed by atoms with van der Waals surface area (Å²) in [4.78, 5) is 46.2. The van der Waals surface area contributed by atoms with Gasteiger partial charge in [0.1, 0.15) is 5.75 Å². The van der Waals surface area contributed by atoms with E-state index < -0.39 is 41.7 Å². The molecule has 8 nitrogen and oxygen atoms in total. The Labute approximate surface area is 166 Å². The molecule has 0 unspecified atom stereocenters. The molecule has 0 radical (unpaired) electrons. The first-order chi connectivity index (χ1) is 13.2. The Morgan fingerprint density at radius 2 is 1.50 bits per heavy atom. The minimum atomic E-state index is -1.02. The van der Waals surface area contributed by atoms with Gasteiger partial charge in [-0.15, -0.1) is 11.8 Å². The van der Waals surface area contributed by atoms with Crippen LogP contribution in [0.1, 0.15) is 38.1 Å². The normalized spacial score (nSPS) is 24.0. The molecule has 152 valence electrons. The van der Waals surface area contributed by atoms with E-state index >= 15 is 0 Å². The fraction of sp³-hybridized carbons (Fsp3) is 0.474. The standard InChI is InChI=1S/C19H22O8S/c1-10(20)14-6-5-7-15(8-14)27-19-18(26-13(4)23)17(25-12(3)22)16(9-28-19)24-11(2)21/h5-8,16-19H,9H2,1-4H3/t16-,17+,18-,19+/m1/s1. The van der Waals surface area contributed by atoms with Crippen molar-refractivity contribution in [1.82, 2.24) is 0 Å². The largest absolute Gasteiger partial charge is 0.476 e. The van der Waals surface area contributed by atoms with Crippen molar-refractivity contribution in [2.75, 3.05) is 5.75 Å². The lowest BCUT2D eigenvalue weighted by molar-refractivity contribution is -0.186. The molecule has 1 aliphatic heterocycles. The van der Waals surface area contributed by atoms with Gasteiger partial charge in [0.05, 0.1) is 0 Å². The zero-order valence-electron chi connectivity index (χ0n) is 16.0. The number of ketones is 1. The molecule has 2 rings (SSSR count). The highest BCUT2D eigenvalue weighted by molar-refractivity contribution is 7.99. The van der Waals surface area contributed by atoms with Gasteiger partial charge in [0, 0.05) is 32.1 Å². The number of benzene rings is 1. The molecule has 28 heavy (non-hydrogen) atoms. The molecule has 1 heterocycles. The number of thioether (sulfide) groups is 1. The fourth-order valence-corrected chi connectivity index (χ4v) is 3.95. The van der Waals surface area contributed by atoms with Crippen LogP contribution in [0.25, 0.3) is 0 Å². The first kappa shape index (κ1) is 21.7. The van der Waals surface area contributed by atoms with Gasteiger partial charge in [-0.2, -0.15) is 0 Å². The second-order valence-corrected chi connectivity index (χ2v) is 7.33. The summed E-state index contributed by atoms with van der Waals surface area (Å²) in [5.41, 5.74) is -0.265. The Balaban J connectivity index is 2.30. The predicted octanol–water partition coefficient (Wildman–Crippen LogP) is 2.14. The van der Waals surface area contributed by atoms with Crippen LogP contribution in [0.5, 0.6) is 5.75 Å². The van der Waals surface area contributed by atoms with E-state index in [1.54, 1.807) is 24.3 Å². The number of hydrogen-bond donors (Lipinski definition) is 0. The maximum atomic E-state index is 11.6. The molecule has 0 aromatic heterocycles. The van der Waals surface area contributed by atoms with Crippen LogP contribution in [-0.2, 0) is 28.6 Å². The number of rotatable bonds is 6. The molecule has 0 saturated carbocycles. The molecule has 9 heteroatoms. The highest BCUT2D eigenvalue weighted by atomic mass is 32.2. The topological polar surface area (TPSA) is 105 Å². The minimum absolute atomic E-state index is 0.119. The average Bonchev–Trinajstić information content (AvgIpc) is 2.59. The number of Topliss-reactive ketones (excluding diaryl/α,β-unsaturated/α-hetero) is 1. The molecule has 0 bridgehead atoms. The Morgan fingerprint density at radius 3 is 2.07 bits per heavy atom. The molecular formula is C19H22O8S. The number of hydrogen-bond acceptors (Lipinski definition) is 9. The molecule has 1 aromatic carbocycles. The molecule has 0 N–H and O–H groups in total. The van der Waals surface area contributed by atoms with Gasteiger partial charge in [-0.1, -0.05) is 12.1 Å². The van der Waals surface area contributed by atoms with Crippen molar-refractivity contribution in [3.63, 3.8) is 0 Å². The van der Waals surface area contributed by atoms with Gasteiger partial charge in [-0.25, -0.2) is 0 Å². The lowest BCUT2D eigenvalue weighted by Crippen LogP contribution is -2.55. The molecule has 1 aliphatic rings. The first-order valence-corrected chi connectivity index (χ1v) is 9.63. The number of carbonyl (C=O) groups excluding carboxylic acids is 4. The van der Waals surface area contributed by atoms with Crippen LogP contribution >= 0.6 is 11.8 Å². The molecule has 0 spiro atoms. The zero-order chi connectivity index (χ0) is 20.8. The van der Waals surface area contributed by atoms with Crippen molar-refractivity contribution in [3.05, 3.63) is 29.8 Å². The molecule has 0 aliphatic carbocycles. The summed E-state index contributed by atoms with van der Waals surface area (Å²) < 4.78 is 21.8. The highest BCUT2D eigenvalue weighted by Crippen LogP contribution is 2.34. The summed E-state index contributed by atoms with van der Waals surface area (Å²) in [6.45, 7) is 5.12. The van der Waals surface area contributed by atoms with E-state index in [4.69, 9.17) is 18.9 Å². The van der Waals surface area contributed by atoms with E-state index in [1.807, 2.05) is 0 Å². The lowest BCUT2D eigenvalue weighted by atomic mass is 10.1. The second-order valence-electron chi connectivity index (χ2n) is 6.20. The zero-order valence-corrected chi connectivity index (χ0v) is 16.8. The van der Waals surface area contributed by atoms with Gasteiger partial charge in [-0.05, 0) is 19.1 Å². The van der Waals surface area contributed by atoms with Gasteiger partial charge < -0.3 is 18.9 Å². The third-order valence-electron chi connectivity index (χ3n) is 3.80. The molecule has 4 atom stereocenters. The van der Waals surface area contributed by atoms with Crippen LogP contribution in [0.15, 0.2) is 24.3 Å². The van der Waals surface area contributed by atoms with Gasteiger partial charge in [0.25, 0.3) is 0 Å². The van der Waals surface area contributed by atoms with Crippen LogP contribution in [0.2, 0.25) is 0 Å². The average molecular weight is 410 g/mol. The summed E-state index contributed by atoms with van der Waals surface area (Å²) in [5.74, 6) is -1.20. The van der Waals surface area contributed by atoms with Crippen LogP contribution < -0.4 is 4.74 Å². The summed E-state index contributed by atoms with van der Waals surface area (Å²) >= 11 is 1.25. The van der Waals surface area contributed by atoms with E-state index in [2.05, 4.69) is 0 Å². The molecule has 1 aromatic rings. The van der Waals surface area contributed by atoms with E-state index in [0.717, 1.165) is 0 Å². The van der Waals surface area contributed by atoms with Crippen molar-refractivity contribution >= 4 is 35.5 Å². The maximum absolute atomic E-state index is 11.6. The van der Waals surface area contributed by atoms with Crippen LogP contribution in [0.3, 0.4) is 0 Å². The summed E-state index contributed by atoms with van der Waals surface area (Å²) in [7, 11) is 0. The van der Waals surface area contributed by atoms with Gasteiger partial charge in [0.2, 0.25) is 0 Å². The van der Waals surface area contributed by atoms with Crippen molar-refractivity contribution in [1.29, 1.82) is 0 Å². The fourth-order valence-electron chi connectivity index (χ4n) is 2.73. The van der Waals surface area contributed by atoms with Crippen LogP contribution in [-0.4, -0.2) is 53.2 Å². The van der Waals surface area contributed by atoms with Crippen LogP contribution in [0.4, 0.5) is 0 Å². The lowest BCUT2D eigenvalue weighted by Gasteiger charge is -2.39. The quantitative estimate of drug-likeness (QED) is 0.396. The van der Waals surface area contributed by atoms with Gasteiger partial charge >= 0.3 is 17.9 Å². The van der Waals surface area contributed by atoms with Crippen molar-refractivity contribution in [2.45, 2.75) is 51.4 Å². The SMILES string of the molecule is CC(=O)O[C@@H]1[C@@H](OC(C)=O)[C@@H](Oc2cccc(C(C)=O)c2)SC[C@H]1OC(C)=O. The third-order valence-corrected chi connectivity index (χ3v) is 5.01. The Hall–Kier alpha value is -2.55. The summed E-state index contributed by atoms with van der Waals surface area (Å²) in [6, 6.07) is 6.57. The second kappa shape index (κ2) is 9.59. The molecular weight excluding hydrogens is 388 g/mol. The highest BCUT2D eigenvalue weighted by Gasteiger charge is 2.47. The van der Waals surface area contributed by atoms with E-state index in [-0.39, 0.29) is 11.5 Å². The molecule has 0 amide bonds. The van der Waals surface area contributed by atoms with E-state index in [0.29, 0.717) is 11.3 Å². The first-order valence-electron chi connectivity index (χ1n) is 8.58. The minimum Gasteiger partial charge on any atom is -0.476 e. The number of carbonyl (C=O) groups is 4. The summed E-state index contributed by atoms with van der Waals surface area (Å²) in [5, 5.41) is 0. The van der Waals surface area contributed by atoms with E-state index in [1.165, 1.54) is 39.5 Å². The van der Waals surface area contributed by atoms with Gasteiger partial charge in [-0.3, -0.25) is 19.2 Å². The Morgan fingerprint density at radius 1 is 0.893 bits per heavy atom. The Kier molecular flexibility index (Phi) is 7.45. The smallest absolute Gasteiger partial charge is 0.303 e. The van der Waals surface area contributed by atoms with E-state index in [9.17, 15) is 19.2 Å². The molecule has 1 saturated heterocycles. The number of ether oxygens (including phenoxy) is 4. The van der Waals surface area contributed by atoms with Gasteiger partial charge in [0.15, 0.2) is 29.5 Å².